The summed E-state index contributed by atoms with van der Waals surface area (Å²) in [6.07, 6.45) is 0.533. The van der Waals surface area contributed by atoms with E-state index in [1.165, 1.54) is 19.2 Å². The molecule has 1 atom stereocenters. The van der Waals surface area contributed by atoms with Crippen LogP contribution in [-0.4, -0.2) is 14.7 Å². The summed E-state index contributed by atoms with van der Waals surface area (Å²) in [5, 5.41) is 8.98. The quantitative estimate of drug-likeness (QED) is 0.564. The van der Waals surface area contributed by atoms with Crippen LogP contribution in [0.15, 0.2) is 17.1 Å². The van der Waals surface area contributed by atoms with Crippen molar-refractivity contribution in [2.24, 2.45) is 0 Å². The van der Waals surface area contributed by atoms with Crippen LogP contribution in [0.2, 0.25) is 0 Å². The fourth-order valence-electron chi connectivity index (χ4n) is 0.710. The molecule has 0 saturated carbocycles. The van der Waals surface area contributed by atoms with E-state index in [9.17, 15) is 4.79 Å². The fourth-order valence-corrected chi connectivity index (χ4v) is 0.710. The number of hydrogen-bond acceptors (Lipinski definition) is 4. The van der Waals surface area contributed by atoms with Gasteiger partial charge in [0.1, 0.15) is 12.0 Å². The number of aliphatic hydroxyl groups excluding tert-OH is 1. The summed E-state index contributed by atoms with van der Waals surface area (Å²) >= 11 is 0. The van der Waals surface area contributed by atoms with Gasteiger partial charge in [0.05, 0.1) is 0 Å². The second-order valence-corrected chi connectivity index (χ2v) is 2.17. The number of nitrogens with two attached hydrogens (primary N) is 1. The molecule has 1 unspecified atom stereocenters. The Morgan fingerprint density at radius 1 is 1.82 bits per heavy atom. The Hall–Kier alpha value is -1.36. The summed E-state index contributed by atoms with van der Waals surface area (Å²) in [7, 11) is 0. The van der Waals surface area contributed by atoms with E-state index in [0.717, 1.165) is 4.57 Å². The number of hydrogen-bond donors (Lipinski definition) is 2. The van der Waals surface area contributed by atoms with E-state index in [4.69, 9.17) is 10.8 Å². The van der Waals surface area contributed by atoms with Gasteiger partial charge >= 0.3 is 5.69 Å². The van der Waals surface area contributed by atoms with Crippen molar-refractivity contribution in [2.45, 2.75) is 13.2 Å². The van der Waals surface area contributed by atoms with Crippen molar-refractivity contribution in [2.75, 3.05) is 5.73 Å². The van der Waals surface area contributed by atoms with Gasteiger partial charge in [0.15, 0.2) is 0 Å². The van der Waals surface area contributed by atoms with Crippen molar-refractivity contribution in [1.82, 2.24) is 9.55 Å². The molecule has 3 N–H and O–H groups in total. The van der Waals surface area contributed by atoms with Crippen LogP contribution < -0.4 is 11.4 Å². The van der Waals surface area contributed by atoms with Crippen LogP contribution >= 0.6 is 0 Å². The summed E-state index contributed by atoms with van der Waals surface area (Å²) in [6.45, 7) is 1.47. The van der Waals surface area contributed by atoms with Crippen LogP contribution in [-0.2, 0) is 0 Å². The molecular weight excluding hydrogens is 146 g/mol. The average molecular weight is 155 g/mol. The average Bonchev–Trinajstić information content (AvgIpc) is 1.85. The highest BCUT2D eigenvalue weighted by Crippen LogP contribution is 1.96. The van der Waals surface area contributed by atoms with Crippen molar-refractivity contribution < 1.29 is 5.11 Å². The third-order valence-electron chi connectivity index (χ3n) is 1.25. The fraction of sp³-hybridized carbons (Fsp3) is 0.333. The molecule has 0 bridgehead atoms. The molecule has 0 saturated heterocycles. The second kappa shape index (κ2) is 2.71. The molecule has 5 nitrogen and oxygen atoms in total. The number of aliphatic hydroxyl groups is 1. The summed E-state index contributed by atoms with van der Waals surface area (Å²) in [5.74, 6) is 0.159. The van der Waals surface area contributed by atoms with Crippen molar-refractivity contribution >= 4 is 5.82 Å². The number of nitrogens with zero attached hydrogens (tertiary/aromatic N) is 2. The van der Waals surface area contributed by atoms with Crippen molar-refractivity contribution in [3.63, 3.8) is 0 Å². The van der Waals surface area contributed by atoms with E-state index < -0.39 is 11.9 Å². The molecule has 0 aliphatic carbocycles. The van der Waals surface area contributed by atoms with E-state index in [1.807, 2.05) is 0 Å². The van der Waals surface area contributed by atoms with Gasteiger partial charge in [0.25, 0.3) is 0 Å². The van der Waals surface area contributed by atoms with Crippen LogP contribution in [0.3, 0.4) is 0 Å². The lowest BCUT2D eigenvalue weighted by atomic mass is 10.5. The Balaban J connectivity index is 3.21. The number of aromatic nitrogens is 2. The van der Waals surface area contributed by atoms with Gasteiger partial charge in [-0.25, -0.2) is 4.79 Å². The van der Waals surface area contributed by atoms with Gasteiger partial charge < -0.3 is 10.8 Å². The molecule has 60 valence electrons. The first-order chi connectivity index (χ1) is 5.11. The zero-order valence-electron chi connectivity index (χ0n) is 6.06. The lowest BCUT2D eigenvalue weighted by Crippen LogP contribution is -2.25. The number of rotatable bonds is 1. The maximum absolute atomic E-state index is 10.9. The SMILES string of the molecule is CC(O)n1ccc(N)nc1=O. The van der Waals surface area contributed by atoms with Gasteiger partial charge in [-0.1, -0.05) is 0 Å². The van der Waals surface area contributed by atoms with Gasteiger partial charge in [-0.05, 0) is 13.0 Å². The number of anilines is 1. The first kappa shape index (κ1) is 7.74. The molecule has 0 aromatic carbocycles. The highest BCUT2D eigenvalue weighted by atomic mass is 16.3. The van der Waals surface area contributed by atoms with Gasteiger partial charge in [0, 0.05) is 6.20 Å². The minimum absolute atomic E-state index is 0.159. The molecule has 0 amide bonds. The zero-order chi connectivity index (χ0) is 8.43. The van der Waals surface area contributed by atoms with Crippen LogP contribution in [0.1, 0.15) is 13.2 Å². The lowest BCUT2D eigenvalue weighted by Gasteiger charge is -2.06. The first-order valence-corrected chi connectivity index (χ1v) is 3.14. The van der Waals surface area contributed by atoms with E-state index in [0.29, 0.717) is 0 Å². The molecule has 0 radical (unpaired) electrons. The largest absolute Gasteiger partial charge is 0.383 e. The summed E-state index contributed by atoms with van der Waals surface area (Å²) in [6, 6.07) is 1.45. The zero-order valence-corrected chi connectivity index (χ0v) is 6.06. The lowest BCUT2D eigenvalue weighted by molar-refractivity contribution is 0.119. The Labute approximate surface area is 63.1 Å². The minimum Gasteiger partial charge on any atom is -0.383 e. The second-order valence-electron chi connectivity index (χ2n) is 2.17. The maximum Gasteiger partial charge on any atom is 0.351 e. The normalized spacial score (nSPS) is 12.9. The monoisotopic (exact) mass is 155 g/mol. The third kappa shape index (κ3) is 1.56. The number of nitrogen functional groups attached to an aromatic ring is 1. The van der Waals surface area contributed by atoms with Gasteiger partial charge in [-0.15, -0.1) is 0 Å². The molecular formula is C6H9N3O2. The summed E-state index contributed by atoms with van der Waals surface area (Å²) in [4.78, 5) is 14.3. The van der Waals surface area contributed by atoms with Crippen molar-refractivity contribution in [3.8, 4) is 0 Å². The highest BCUT2D eigenvalue weighted by Gasteiger charge is 2.01. The predicted molar refractivity (Wildman–Crippen MR) is 39.8 cm³/mol. The van der Waals surface area contributed by atoms with Crippen LogP contribution in [0.25, 0.3) is 0 Å². The summed E-state index contributed by atoms with van der Waals surface area (Å²) < 4.78 is 1.08. The molecule has 0 aliphatic rings. The van der Waals surface area contributed by atoms with E-state index in [2.05, 4.69) is 4.98 Å². The Kier molecular flexibility index (Phi) is 1.91. The van der Waals surface area contributed by atoms with E-state index in [-0.39, 0.29) is 5.82 Å². The maximum atomic E-state index is 10.9. The molecule has 1 heterocycles. The van der Waals surface area contributed by atoms with E-state index in [1.54, 1.807) is 0 Å². The molecule has 0 fully saturated rings. The van der Waals surface area contributed by atoms with Crippen LogP contribution in [0, 0.1) is 0 Å². The Bertz CT molecular complexity index is 305. The smallest absolute Gasteiger partial charge is 0.351 e. The Morgan fingerprint density at radius 3 is 2.91 bits per heavy atom. The topological polar surface area (TPSA) is 81.1 Å². The predicted octanol–water partition coefficient (Wildman–Crippen LogP) is -0.664. The van der Waals surface area contributed by atoms with Crippen molar-refractivity contribution in [1.29, 1.82) is 0 Å². The minimum atomic E-state index is -0.865. The van der Waals surface area contributed by atoms with E-state index >= 15 is 0 Å². The standard InChI is InChI=1S/C6H9N3O2/c1-4(10)9-3-2-5(7)8-6(9)11/h2-4,10H,1H3,(H2,7,8,11). The van der Waals surface area contributed by atoms with Crippen LogP contribution in [0.4, 0.5) is 5.82 Å². The molecule has 5 heteroatoms. The summed E-state index contributed by atoms with van der Waals surface area (Å²) in [5.41, 5.74) is 4.68. The van der Waals surface area contributed by atoms with Gasteiger partial charge in [-0.3, -0.25) is 4.57 Å². The molecule has 0 aliphatic heterocycles. The molecule has 1 aromatic heterocycles. The van der Waals surface area contributed by atoms with Gasteiger partial charge in [0.2, 0.25) is 0 Å². The molecule has 11 heavy (non-hydrogen) atoms. The first-order valence-electron chi connectivity index (χ1n) is 3.14. The molecule has 0 spiro atoms. The van der Waals surface area contributed by atoms with Crippen LogP contribution in [0.5, 0.6) is 0 Å². The molecule has 1 rings (SSSR count). The van der Waals surface area contributed by atoms with Crippen molar-refractivity contribution in [3.05, 3.63) is 22.7 Å². The third-order valence-corrected chi connectivity index (χ3v) is 1.25. The Morgan fingerprint density at radius 2 is 2.45 bits per heavy atom. The van der Waals surface area contributed by atoms with Gasteiger partial charge in [-0.2, -0.15) is 4.98 Å². The molecule has 1 aromatic rings. The highest BCUT2D eigenvalue weighted by molar-refractivity contribution is 5.23.